The van der Waals surface area contributed by atoms with Crippen LogP contribution in [0.4, 0.5) is 5.69 Å². The average Bonchev–Trinajstić information content (AvgIpc) is 2.91. The predicted molar refractivity (Wildman–Crippen MR) is 98.9 cm³/mol. The molecule has 0 radical (unpaired) electrons. The normalized spacial score (nSPS) is 14.4. The first-order valence-corrected chi connectivity index (χ1v) is 9.51. The Hall–Kier alpha value is -3.21. The fourth-order valence-corrected chi connectivity index (χ4v) is 3.28. The molecule has 2 aromatic carbocycles. The summed E-state index contributed by atoms with van der Waals surface area (Å²) in [6.45, 7) is -0.619. The SMILES string of the molecule is O=C1C=C(Nc2cc(S(=O)(=O)O)cc(-c3ccccc3)c2O)C(=O)N1CCO. The van der Waals surface area contributed by atoms with Crippen molar-refractivity contribution < 1.29 is 32.8 Å². The second kappa shape index (κ2) is 7.43. The summed E-state index contributed by atoms with van der Waals surface area (Å²) in [6, 6.07) is 10.4. The van der Waals surface area contributed by atoms with Crippen LogP contribution in [-0.2, 0) is 19.7 Å². The lowest BCUT2D eigenvalue weighted by atomic mass is 10.0. The number of carbonyl (C=O) groups excluding carboxylic acids is 2. The van der Waals surface area contributed by atoms with Gasteiger partial charge in [-0.1, -0.05) is 30.3 Å². The van der Waals surface area contributed by atoms with Crippen molar-refractivity contribution >= 4 is 27.6 Å². The molecule has 0 bridgehead atoms. The van der Waals surface area contributed by atoms with Crippen LogP contribution in [0.2, 0.25) is 0 Å². The summed E-state index contributed by atoms with van der Waals surface area (Å²) in [5.41, 5.74) is 0.175. The highest BCUT2D eigenvalue weighted by molar-refractivity contribution is 7.85. The number of carbonyl (C=O) groups is 2. The largest absolute Gasteiger partial charge is 0.505 e. The molecule has 1 aliphatic heterocycles. The zero-order valence-corrected chi connectivity index (χ0v) is 15.2. The lowest BCUT2D eigenvalue weighted by molar-refractivity contribution is -0.137. The van der Waals surface area contributed by atoms with E-state index in [0.29, 0.717) is 5.56 Å². The Balaban J connectivity index is 2.08. The van der Waals surface area contributed by atoms with E-state index in [4.69, 9.17) is 5.11 Å². The van der Waals surface area contributed by atoms with Gasteiger partial charge in [-0.15, -0.1) is 0 Å². The molecular weight excluding hydrogens is 388 g/mol. The highest BCUT2D eigenvalue weighted by atomic mass is 32.2. The predicted octanol–water partition coefficient (Wildman–Crippen LogP) is 0.963. The van der Waals surface area contributed by atoms with Gasteiger partial charge in [-0.05, 0) is 17.7 Å². The number of nitrogens with one attached hydrogen (secondary N) is 1. The molecule has 0 aliphatic carbocycles. The van der Waals surface area contributed by atoms with Crippen LogP contribution in [0.1, 0.15) is 0 Å². The van der Waals surface area contributed by atoms with E-state index in [1.165, 1.54) is 0 Å². The number of phenols is 1. The number of benzene rings is 2. The number of amides is 2. The molecular formula is C18H16N2O7S. The number of hydrogen-bond acceptors (Lipinski definition) is 7. The van der Waals surface area contributed by atoms with Crippen molar-refractivity contribution in [3.05, 3.63) is 54.2 Å². The number of β-amino-alcohol motifs (C(OH)–C–C–N with tert-alkyl or cyclic N) is 1. The third-order valence-corrected chi connectivity index (χ3v) is 4.90. The van der Waals surface area contributed by atoms with Crippen LogP contribution in [0.3, 0.4) is 0 Å². The number of nitrogens with zero attached hydrogens (tertiary/aromatic N) is 1. The Kier molecular flexibility index (Phi) is 5.18. The Bertz CT molecular complexity index is 1080. The van der Waals surface area contributed by atoms with Crippen molar-refractivity contribution in [3.63, 3.8) is 0 Å². The van der Waals surface area contributed by atoms with Crippen LogP contribution in [0.15, 0.2) is 59.1 Å². The quantitative estimate of drug-likeness (QED) is 0.317. The van der Waals surface area contributed by atoms with Crippen molar-refractivity contribution in [3.8, 4) is 16.9 Å². The molecule has 10 heteroatoms. The fourth-order valence-electron chi connectivity index (χ4n) is 2.74. The molecule has 0 unspecified atom stereocenters. The Morgan fingerprint density at radius 2 is 1.75 bits per heavy atom. The van der Waals surface area contributed by atoms with Gasteiger partial charge >= 0.3 is 0 Å². The molecule has 2 aromatic rings. The number of imide groups is 1. The van der Waals surface area contributed by atoms with Gasteiger partial charge in [0.15, 0.2) is 0 Å². The third-order valence-electron chi connectivity index (χ3n) is 4.07. The number of aromatic hydroxyl groups is 1. The maximum atomic E-state index is 12.3. The van der Waals surface area contributed by atoms with Crippen LogP contribution in [0, 0.1) is 0 Å². The first kappa shape index (κ1) is 19.5. The summed E-state index contributed by atoms with van der Waals surface area (Å²) >= 11 is 0. The molecule has 0 spiro atoms. The van der Waals surface area contributed by atoms with Crippen molar-refractivity contribution in [2.24, 2.45) is 0 Å². The molecule has 0 saturated carbocycles. The molecule has 1 heterocycles. The first-order chi connectivity index (χ1) is 13.2. The Labute approximate surface area is 160 Å². The highest BCUT2D eigenvalue weighted by Gasteiger charge is 2.31. The minimum absolute atomic E-state index is 0.0998. The molecule has 0 atom stereocenters. The van der Waals surface area contributed by atoms with Crippen LogP contribution >= 0.6 is 0 Å². The van der Waals surface area contributed by atoms with E-state index in [2.05, 4.69) is 5.32 Å². The monoisotopic (exact) mass is 404 g/mol. The van der Waals surface area contributed by atoms with Gasteiger partial charge in [-0.25, -0.2) is 0 Å². The van der Waals surface area contributed by atoms with Crippen molar-refractivity contribution in [2.75, 3.05) is 18.5 Å². The van der Waals surface area contributed by atoms with Gasteiger partial charge in [0.25, 0.3) is 21.9 Å². The maximum absolute atomic E-state index is 12.3. The first-order valence-electron chi connectivity index (χ1n) is 8.07. The maximum Gasteiger partial charge on any atom is 0.294 e. The van der Waals surface area contributed by atoms with Crippen molar-refractivity contribution in [1.82, 2.24) is 4.90 Å². The van der Waals surface area contributed by atoms with E-state index in [1.807, 2.05) is 0 Å². The summed E-state index contributed by atoms with van der Waals surface area (Å²) in [7, 11) is -4.62. The van der Waals surface area contributed by atoms with Crippen LogP contribution in [0.25, 0.3) is 11.1 Å². The number of anilines is 1. The molecule has 2 amide bonds. The zero-order valence-electron chi connectivity index (χ0n) is 14.4. The van der Waals surface area contributed by atoms with Crippen LogP contribution in [-0.4, -0.2) is 53.0 Å². The smallest absolute Gasteiger partial charge is 0.294 e. The summed E-state index contributed by atoms with van der Waals surface area (Å²) in [4.78, 5) is 24.4. The molecule has 28 heavy (non-hydrogen) atoms. The van der Waals surface area contributed by atoms with Gasteiger partial charge in [0.1, 0.15) is 11.4 Å². The second-order valence-corrected chi connectivity index (χ2v) is 7.33. The number of rotatable bonds is 6. The van der Waals surface area contributed by atoms with Gasteiger partial charge in [0.2, 0.25) is 0 Å². The number of hydrogen-bond donors (Lipinski definition) is 4. The average molecular weight is 404 g/mol. The van der Waals surface area contributed by atoms with Gasteiger partial charge in [-0.2, -0.15) is 8.42 Å². The molecule has 146 valence electrons. The van der Waals surface area contributed by atoms with E-state index in [1.54, 1.807) is 30.3 Å². The lowest BCUT2D eigenvalue weighted by Crippen LogP contribution is -2.34. The molecule has 0 fully saturated rings. The molecule has 3 rings (SSSR count). The Morgan fingerprint density at radius 1 is 1.07 bits per heavy atom. The van der Waals surface area contributed by atoms with Crippen molar-refractivity contribution in [2.45, 2.75) is 4.90 Å². The number of aliphatic hydroxyl groups excluding tert-OH is 1. The van der Waals surface area contributed by atoms with Crippen LogP contribution in [0.5, 0.6) is 5.75 Å². The van der Waals surface area contributed by atoms with E-state index in [9.17, 15) is 27.7 Å². The van der Waals surface area contributed by atoms with Gasteiger partial charge in [-0.3, -0.25) is 19.0 Å². The van der Waals surface area contributed by atoms with Gasteiger partial charge < -0.3 is 15.5 Å². The zero-order chi connectivity index (χ0) is 20.5. The molecule has 0 saturated heterocycles. The topological polar surface area (TPSA) is 144 Å². The van der Waals surface area contributed by atoms with E-state index < -0.39 is 33.4 Å². The van der Waals surface area contributed by atoms with Crippen LogP contribution < -0.4 is 5.32 Å². The summed E-state index contributed by atoms with van der Waals surface area (Å²) < 4.78 is 32.7. The standard InChI is InChI=1S/C18H16N2O7S/c21-7-6-20-16(22)10-15(18(20)24)19-14-9-12(28(25,26)27)8-13(17(14)23)11-4-2-1-3-5-11/h1-5,8-10,19,21,23H,6-7H2,(H,25,26,27). The van der Waals surface area contributed by atoms with Gasteiger partial charge in [0, 0.05) is 11.6 Å². The fraction of sp³-hybridized carbons (Fsp3) is 0.111. The molecule has 1 aliphatic rings. The molecule has 0 aromatic heterocycles. The van der Waals surface area contributed by atoms with Crippen molar-refractivity contribution in [1.29, 1.82) is 0 Å². The van der Waals surface area contributed by atoms with E-state index in [0.717, 1.165) is 23.1 Å². The van der Waals surface area contributed by atoms with Gasteiger partial charge in [0.05, 0.1) is 23.7 Å². The summed E-state index contributed by atoms with van der Waals surface area (Å²) in [6.07, 6.45) is 0.972. The molecule has 4 N–H and O–H groups in total. The third kappa shape index (κ3) is 3.74. The highest BCUT2D eigenvalue weighted by Crippen LogP contribution is 2.39. The minimum atomic E-state index is -4.62. The number of aliphatic hydroxyl groups is 1. The minimum Gasteiger partial charge on any atom is -0.505 e. The van der Waals surface area contributed by atoms with E-state index in [-0.39, 0.29) is 29.2 Å². The second-order valence-electron chi connectivity index (χ2n) is 5.91. The lowest BCUT2D eigenvalue weighted by Gasteiger charge is -2.16. The molecule has 9 nitrogen and oxygen atoms in total. The number of phenolic OH excluding ortho intramolecular Hbond substituents is 1. The summed E-state index contributed by atoms with van der Waals surface area (Å²) in [5, 5.41) is 22.1. The summed E-state index contributed by atoms with van der Waals surface area (Å²) in [5.74, 6) is -1.77. The van der Waals surface area contributed by atoms with E-state index >= 15 is 0 Å². The Morgan fingerprint density at radius 3 is 2.36 bits per heavy atom.